The molecule has 0 spiro atoms. The molecule has 1 unspecified atom stereocenters. The van der Waals surface area contributed by atoms with E-state index in [-0.39, 0.29) is 12.5 Å². The smallest absolute Gasteiger partial charge is 0.163 e. The molecule has 0 saturated carbocycles. The van der Waals surface area contributed by atoms with Gasteiger partial charge >= 0.3 is 0 Å². The molecule has 30 heavy (non-hydrogen) atoms. The number of aliphatic hydroxyl groups excluding tert-OH is 1. The number of nitrogens with one attached hydrogen (secondary N) is 1. The summed E-state index contributed by atoms with van der Waals surface area (Å²) in [6, 6.07) is 17.2. The highest BCUT2D eigenvalue weighted by Crippen LogP contribution is 2.28. The highest BCUT2D eigenvalue weighted by Gasteiger charge is 2.21. The molecule has 1 aliphatic rings. The molecule has 1 aliphatic heterocycles. The molecule has 6 nitrogen and oxygen atoms in total. The van der Waals surface area contributed by atoms with E-state index in [0.717, 1.165) is 48.7 Å². The Labute approximate surface area is 181 Å². The number of aromatic nitrogens is 2. The van der Waals surface area contributed by atoms with Gasteiger partial charge in [-0.15, -0.1) is 0 Å². The van der Waals surface area contributed by atoms with Crippen LogP contribution in [0.3, 0.4) is 0 Å². The van der Waals surface area contributed by atoms with Crippen molar-refractivity contribution in [3.8, 4) is 17.1 Å². The quantitative estimate of drug-likeness (QED) is 0.594. The third kappa shape index (κ3) is 4.83. The topological polar surface area (TPSA) is 70.5 Å². The maximum Gasteiger partial charge on any atom is 0.163 e. The Balaban J connectivity index is 1.68. The molecule has 1 aromatic heterocycles. The number of ether oxygens (including phenoxy) is 1. The molecule has 2 N–H and O–H groups in total. The minimum atomic E-state index is 0.197. The van der Waals surface area contributed by atoms with Crippen molar-refractivity contribution >= 4 is 28.9 Å². The Morgan fingerprint density at radius 3 is 2.60 bits per heavy atom. The van der Waals surface area contributed by atoms with Crippen molar-refractivity contribution in [1.29, 1.82) is 0 Å². The van der Waals surface area contributed by atoms with E-state index in [1.54, 1.807) is 7.11 Å². The van der Waals surface area contributed by atoms with Crippen LogP contribution >= 0.6 is 11.6 Å². The second-order valence-corrected chi connectivity index (χ2v) is 7.87. The predicted octanol–water partition coefficient (Wildman–Crippen LogP) is 4.76. The fourth-order valence-electron chi connectivity index (χ4n) is 3.63. The maximum absolute atomic E-state index is 9.61. The third-order valence-corrected chi connectivity index (χ3v) is 5.53. The van der Waals surface area contributed by atoms with Crippen LogP contribution in [0.25, 0.3) is 11.4 Å². The molecule has 0 radical (unpaired) electrons. The lowest BCUT2D eigenvalue weighted by atomic mass is 9.99. The SMILES string of the molecule is COc1ccc(Nc2cc(N3CCCC(CO)C3)nc(-c3ccc(Cl)cc3)n2)cc1. The zero-order valence-electron chi connectivity index (χ0n) is 16.9. The van der Waals surface area contributed by atoms with E-state index in [4.69, 9.17) is 26.3 Å². The number of aliphatic hydroxyl groups is 1. The molecule has 1 saturated heterocycles. The summed E-state index contributed by atoms with van der Waals surface area (Å²) < 4.78 is 5.23. The van der Waals surface area contributed by atoms with Crippen LogP contribution in [0.5, 0.6) is 5.75 Å². The number of piperidine rings is 1. The number of hydrogen-bond donors (Lipinski definition) is 2. The van der Waals surface area contributed by atoms with Gasteiger partial charge in [-0.3, -0.25) is 0 Å². The molecule has 7 heteroatoms. The molecule has 2 heterocycles. The van der Waals surface area contributed by atoms with Crippen LogP contribution in [0.4, 0.5) is 17.3 Å². The fourth-order valence-corrected chi connectivity index (χ4v) is 3.76. The first-order chi connectivity index (χ1) is 14.6. The van der Waals surface area contributed by atoms with Crippen LogP contribution in [-0.2, 0) is 0 Å². The first-order valence-corrected chi connectivity index (χ1v) is 10.4. The molecular weight excluding hydrogens is 400 g/mol. The van der Waals surface area contributed by atoms with Gasteiger partial charge in [0.05, 0.1) is 7.11 Å². The van der Waals surface area contributed by atoms with Gasteiger partial charge in [0.25, 0.3) is 0 Å². The van der Waals surface area contributed by atoms with Gasteiger partial charge in [-0.1, -0.05) is 11.6 Å². The Morgan fingerprint density at radius 1 is 1.13 bits per heavy atom. The summed E-state index contributed by atoms with van der Waals surface area (Å²) >= 11 is 6.05. The Morgan fingerprint density at radius 2 is 1.90 bits per heavy atom. The second-order valence-electron chi connectivity index (χ2n) is 7.43. The molecule has 3 aromatic rings. The van der Waals surface area contributed by atoms with E-state index < -0.39 is 0 Å². The largest absolute Gasteiger partial charge is 0.497 e. The number of benzene rings is 2. The molecule has 1 fully saturated rings. The highest BCUT2D eigenvalue weighted by molar-refractivity contribution is 6.30. The van der Waals surface area contributed by atoms with Gasteiger partial charge in [-0.2, -0.15) is 0 Å². The van der Waals surface area contributed by atoms with Gasteiger partial charge in [0.2, 0.25) is 0 Å². The molecule has 2 aromatic carbocycles. The maximum atomic E-state index is 9.61. The molecule has 4 rings (SSSR count). The van der Waals surface area contributed by atoms with Crippen molar-refractivity contribution in [2.24, 2.45) is 5.92 Å². The molecule has 0 bridgehead atoms. The van der Waals surface area contributed by atoms with Crippen molar-refractivity contribution in [2.45, 2.75) is 12.8 Å². The van der Waals surface area contributed by atoms with Gasteiger partial charge < -0.3 is 20.1 Å². The Hall–Kier alpha value is -2.83. The lowest BCUT2D eigenvalue weighted by molar-refractivity contribution is 0.208. The van der Waals surface area contributed by atoms with E-state index >= 15 is 0 Å². The summed E-state index contributed by atoms with van der Waals surface area (Å²) in [5.74, 6) is 3.26. The number of halogens is 1. The standard InChI is InChI=1S/C23H25ClN4O2/c1-30-20-10-8-19(9-11-20)25-21-13-22(28-12-2-3-16(14-28)15-29)27-23(26-21)17-4-6-18(24)7-5-17/h4-11,13,16,29H,2-3,12,14-15H2,1H3,(H,25,26,27). The summed E-state index contributed by atoms with van der Waals surface area (Å²) in [5.41, 5.74) is 1.81. The van der Waals surface area contributed by atoms with E-state index in [9.17, 15) is 5.11 Å². The van der Waals surface area contributed by atoms with Crippen LogP contribution in [0.1, 0.15) is 12.8 Å². The first kappa shape index (κ1) is 20.4. The van der Waals surface area contributed by atoms with Crippen molar-refractivity contribution in [3.63, 3.8) is 0 Å². The Bertz CT molecular complexity index is 979. The van der Waals surface area contributed by atoms with E-state index in [1.165, 1.54) is 0 Å². The summed E-state index contributed by atoms with van der Waals surface area (Å²) in [5, 5.41) is 13.7. The van der Waals surface area contributed by atoms with Gasteiger partial charge in [0.15, 0.2) is 5.82 Å². The number of methoxy groups -OCH3 is 1. The first-order valence-electron chi connectivity index (χ1n) is 10.1. The monoisotopic (exact) mass is 424 g/mol. The van der Waals surface area contributed by atoms with Crippen molar-refractivity contribution in [1.82, 2.24) is 9.97 Å². The van der Waals surface area contributed by atoms with Crippen molar-refractivity contribution in [2.75, 3.05) is 37.0 Å². The predicted molar refractivity (Wildman–Crippen MR) is 121 cm³/mol. The Kier molecular flexibility index (Phi) is 6.35. The van der Waals surface area contributed by atoms with Gasteiger partial charge in [-0.05, 0) is 67.3 Å². The summed E-state index contributed by atoms with van der Waals surface area (Å²) in [7, 11) is 1.65. The number of rotatable bonds is 6. The molecular formula is C23H25ClN4O2. The highest BCUT2D eigenvalue weighted by atomic mass is 35.5. The summed E-state index contributed by atoms with van der Waals surface area (Å²) in [4.78, 5) is 11.8. The van der Waals surface area contributed by atoms with E-state index in [2.05, 4.69) is 10.2 Å². The minimum absolute atomic E-state index is 0.197. The minimum Gasteiger partial charge on any atom is -0.497 e. The van der Waals surface area contributed by atoms with Crippen LogP contribution in [-0.4, -0.2) is 41.9 Å². The van der Waals surface area contributed by atoms with E-state index in [1.807, 2.05) is 54.6 Å². The molecule has 0 amide bonds. The van der Waals surface area contributed by atoms with Crippen molar-refractivity contribution in [3.05, 3.63) is 59.6 Å². The summed E-state index contributed by atoms with van der Waals surface area (Å²) in [6.07, 6.45) is 2.08. The number of anilines is 3. The van der Waals surface area contributed by atoms with Crippen LogP contribution in [0, 0.1) is 5.92 Å². The van der Waals surface area contributed by atoms with Gasteiger partial charge in [0, 0.05) is 42.0 Å². The van der Waals surface area contributed by atoms with Crippen LogP contribution < -0.4 is 15.0 Å². The normalized spacial score (nSPS) is 16.4. The molecule has 156 valence electrons. The van der Waals surface area contributed by atoms with Gasteiger partial charge in [-0.25, -0.2) is 9.97 Å². The second kappa shape index (κ2) is 9.32. The zero-order chi connectivity index (χ0) is 20.9. The lowest BCUT2D eigenvalue weighted by Gasteiger charge is -2.33. The van der Waals surface area contributed by atoms with E-state index in [0.29, 0.717) is 16.7 Å². The number of hydrogen-bond acceptors (Lipinski definition) is 6. The lowest BCUT2D eigenvalue weighted by Crippen LogP contribution is -2.37. The molecule has 0 aliphatic carbocycles. The third-order valence-electron chi connectivity index (χ3n) is 5.28. The van der Waals surface area contributed by atoms with Crippen molar-refractivity contribution < 1.29 is 9.84 Å². The van der Waals surface area contributed by atoms with Gasteiger partial charge in [0.1, 0.15) is 17.4 Å². The average Bonchev–Trinajstić information content (AvgIpc) is 2.80. The molecule has 1 atom stereocenters. The fraction of sp³-hybridized carbons (Fsp3) is 0.304. The van der Waals surface area contributed by atoms with Crippen LogP contribution in [0.2, 0.25) is 5.02 Å². The van der Waals surface area contributed by atoms with Crippen LogP contribution in [0.15, 0.2) is 54.6 Å². The zero-order valence-corrected chi connectivity index (χ0v) is 17.6. The average molecular weight is 425 g/mol. The summed E-state index contributed by atoms with van der Waals surface area (Å²) in [6.45, 7) is 1.90. The number of nitrogens with zero attached hydrogens (tertiary/aromatic N) is 3.